The van der Waals surface area contributed by atoms with Crippen molar-refractivity contribution in [2.75, 3.05) is 0 Å². The van der Waals surface area contributed by atoms with Crippen molar-refractivity contribution in [3.05, 3.63) is 58.6 Å². The molecule has 0 bridgehead atoms. The molecule has 94 valence electrons. The van der Waals surface area contributed by atoms with Crippen LogP contribution < -0.4 is 4.74 Å². The Labute approximate surface area is 112 Å². The van der Waals surface area contributed by atoms with Gasteiger partial charge in [0.05, 0.1) is 11.1 Å². The van der Waals surface area contributed by atoms with Gasteiger partial charge >= 0.3 is 0 Å². The summed E-state index contributed by atoms with van der Waals surface area (Å²) >= 11 is 6.12. The molecule has 2 aromatic rings. The topological polar surface area (TPSA) is 29.5 Å². The maximum absolute atomic E-state index is 9.68. The van der Waals surface area contributed by atoms with E-state index in [2.05, 4.69) is 0 Å². The van der Waals surface area contributed by atoms with Crippen molar-refractivity contribution >= 4 is 11.6 Å². The summed E-state index contributed by atoms with van der Waals surface area (Å²) in [4.78, 5) is 0. The normalized spacial score (nSPS) is 12.2. The lowest BCUT2D eigenvalue weighted by atomic mass is 10.1. The molecule has 0 radical (unpaired) electrons. The molecule has 3 heteroatoms. The quantitative estimate of drug-likeness (QED) is 0.883. The number of hydrogen-bond donors (Lipinski definition) is 1. The van der Waals surface area contributed by atoms with Gasteiger partial charge in [-0.05, 0) is 37.6 Å². The number of rotatable bonds is 3. The van der Waals surface area contributed by atoms with Gasteiger partial charge in [-0.3, -0.25) is 0 Å². The summed E-state index contributed by atoms with van der Waals surface area (Å²) in [6.45, 7) is 3.68. The van der Waals surface area contributed by atoms with Crippen LogP contribution >= 0.6 is 11.6 Å². The molecule has 1 N–H and O–H groups in total. The number of aliphatic hydroxyl groups is 1. The largest absolute Gasteiger partial charge is 0.455 e. The first-order valence-corrected chi connectivity index (χ1v) is 6.16. The predicted octanol–water partition coefficient (Wildman–Crippen LogP) is 4.49. The number of benzene rings is 2. The van der Waals surface area contributed by atoms with Crippen LogP contribution in [0.5, 0.6) is 11.5 Å². The maximum Gasteiger partial charge on any atom is 0.146 e. The fraction of sp³-hybridized carbons (Fsp3) is 0.200. The van der Waals surface area contributed by atoms with Crippen molar-refractivity contribution < 1.29 is 9.84 Å². The lowest BCUT2D eigenvalue weighted by Gasteiger charge is -2.14. The van der Waals surface area contributed by atoms with Crippen LogP contribution in [0.4, 0.5) is 0 Å². The van der Waals surface area contributed by atoms with Crippen LogP contribution in [0.2, 0.25) is 5.02 Å². The highest BCUT2D eigenvalue weighted by Crippen LogP contribution is 2.33. The molecule has 2 aromatic carbocycles. The monoisotopic (exact) mass is 262 g/mol. The van der Waals surface area contributed by atoms with E-state index in [4.69, 9.17) is 16.3 Å². The second-order valence-electron chi connectivity index (χ2n) is 4.25. The molecule has 0 saturated heterocycles. The molecule has 0 aliphatic carbocycles. The fourth-order valence-corrected chi connectivity index (χ4v) is 2.00. The van der Waals surface area contributed by atoms with Crippen LogP contribution in [0.3, 0.4) is 0 Å². The highest BCUT2D eigenvalue weighted by molar-refractivity contribution is 6.32. The zero-order valence-corrected chi connectivity index (χ0v) is 11.1. The number of hydrogen-bond acceptors (Lipinski definition) is 2. The molecule has 0 saturated carbocycles. The maximum atomic E-state index is 9.68. The minimum atomic E-state index is -0.578. The third kappa shape index (κ3) is 2.84. The Hall–Kier alpha value is -1.51. The summed E-state index contributed by atoms with van der Waals surface area (Å²) in [5.74, 6) is 1.22. The van der Waals surface area contributed by atoms with Crippen molar-refractivity contribution in [1.82, 2.24) is 0 Å². The summed E-state index contributed by atoms with van der Waals surface area (Å²) in [5, 5.41) is 10.2. The van der Waals surface area contributed by atoms with Gasteiger partial charge in [-0.2, -0.15) is 0 Å². The van der Waals surface area contributed by atoms with Gasteiger partial charge in [0.1, 0.15) is 11.5 Å². The van der Waals surface area contributed by atoms with Crippen LogP contribution in [-0.2, 0) is 0 Å². The van der Waals surface area contributed by atoms with Gasteiger partial charge in [0.2, 0.25) is 0 Å². The van der Waals surface area contributed by atoms with E-state index in [-0.39, 0.29) is 0 Å². The van der Waals surface area contributed by atoms with Crippen molar-refractivity contribution in [2.45, 2.75) is 20.0 Å². The Morgan fingerprint density at radius 2 is 1.83 bits per heavy atom. The molecular weight excluding hydrogens is 248 g/mol. The minimum Gasteiger partial charge on any atom is -0.455 e. The molecule has 1 atom stereocenters. The lowest BCUT2D eigenvalue weighted by Crippen LogP contribution is -1.96. The second-order valence-corrected chi connectivity index (χ2v) is 4.66. The summed E-state index contributed by atoms with van der Waals surface area (Å²) in [7, 11) is 0. The molecular formula is C15H15ClO2. The van der Waals surface area contributed by atoms with Crippen molar-refractivity contribution in [2.24, 2.45) is 0 Å². The van der Waals surface area contributed by atoms with Gasteiger partial charge in [0, 0.05) is 5.56 Å². The van der Waals surface area contributed by atoms with Crippen LogP contribution in [0, 0.1) is 6.92 Å². The average Bonchev–Trinajstić information content (AvgIpc) is 2.33. The van der Waals surface area contributed by atoms with E-state index in [1.807, 2.05) is 49.4 Å². The lowest BCUT2D eigenvalue weighted by molar-refractivity contribution is 0.195. The highest BCUT2D eigenvalue weighted by atomic mass is 35.5. The summed E-state index contributed by atoms with van der Waals surface area (Å²) in [6.07, 6.45) is -0.578. The van der Waals surface area contributed by atoms with E-state index in [0.29, 0.717) is 16.5 Å². The van der Waals surface area contributed by atoms with Crippen molar-refractivity contribution in [3.8, 4) is 11.5 Å². The molecule has 2 nitrogen and oxygen atoms in total. The first kappa shape index (κ1) is 12.9. The average molecular weight is 263 g/mol. The third-order valence-corrected chi connectivity index (χ3v) is 2.97. The van der Waals surface area contributed by atoms with E-state index >= 15 is 0 Å². The molecule has 0 spiro atoms. The number of aryl methyl sites for hydroxylation is 1. The molecule has 0 aliphatic rings. The van der Waals surface area contributed by atoms with Gasteiger partial charge in [-0.25, -0.2) is 0 Å². The van der Waals surface area contributed by atoms with Crippen LogP contribution in [0.15, 0.2) is 42.5 Å². The van der Waals surface area contributed by atoms with Gasteiger partial charge in [-0.1, -0.05) is 35.9 Å². The summed E-state index contributed by atoms with van der Waals surface area (Å²) in [6, 6.07) is 13.0. The van der Waals surface area contributed by atoms with Crippen molar-refractivity contribution in [3.63, 3.8) is 0 Å². The SMILES string of the molecule is Cc1ccc(Oc2ccccc2[C@H](C)O)c(Cl)c1. The zero-order valence-electron chi connectivity index (χ0n) is 10.4. The Kier molecular flexibility index (Phi) is 3.90. The predicted molar refractivity (Wildman–Crippen MR) is 73.3 cm³/mol. The summed E-state index contributed by atoms with van der Waals surface area (Å²) < 4.78 is 5.76. The van der Waals surface area contributed by atoms with E-state index in [1.54, 1.807) is 6.92 Å². The fourth-order valence-electron chi connectivity index (χ4n) is 1.73. The Bertz CT molecular complexity index is 550. The first-order chi connectivity index (χ1) is 8.58. The first-order valence-electron chi connectivity index (χ1n) is 5.79. The van der Waals surface area contributed by atoms with Gasteiger partial charge in [0.15, 0.2) is 0 Å². The Morgan fingerprint density at radius 1 is 1.11 bits per heavy atom. The van der Waals surface area contributed by atoms with Crippen LogP contribution in [0.25, 0.3) is 0 Å². The Balaban J connectivity index is 2.34. The second kappa shape index (κ2) is 5.42. The van der Waals surface area contributed by atoms with E-state index in [1.165, 1.54) is 0 Å². The number of halogens is 1. The molecule has 0 heterocycles. The smallest absolute Gasteiger partial charge is 0.146 e. The number of aliphatic hydroxyl groups excluding tert-OH is 1. The standard InChI is InChI=1S/C15H15ClO2/c1-10-7-8-15(13(16)9-10)18-14-6-4-3-5-12(14)11(2)17/h3-9,11,17H,1-2H3/t11-/m0/s1. The molecule has 0 amide bonds. The van der Waals surface area contributed by atoms with E-state index in [9.17, 15) is 5.11 Å². The third-order valence-electron chi connectivity index (χ3n) is 2.68. The Morgan fingerprint density at radius 3 is 2.50 bits per heavy atom. The highest BCUT2D eigenvalue weighted by Gasteiger charge is 2.10. The van der Waals surface area contributed by atoms with Crippen LogP contribution in [-0.4, -0.2) is 5.11 Å². The van der Waals surface area contributed by atoms with Gasteiger partial charge in [0.25, 0.3) is 0 Å². The molecule has 0 aromatic heterocycles. The van der Waals surface area contributed by atoms with Crippen LogP contribution in [0.1, 0.15) is 24.2 Å². The molecule has 18 heavy (non-hydrogen) atoms. The molecule has 0 aliphatic heterocycles. The molecule has 0 fully saturated rings. The summed E-state index contributed by atoms with van der Waals surface area (Å²) in [5.41, 5.74) is 1.82. The number of para-hydroxylation sites is 1. The zero-order chi connectivity index (χ0) is 13.1. The minimum absolute atomic E-state index is 0.565. The molecule has 2 rings (SSSR count). The molecule has 0 unspecified atom stereocenters. The van der Waals surface area contributed by atoms with Gasteiger partial charge in [-0.15, -0.1) is 0 Å². The van der Waals surface area contributed by atoms with E-state index in [0.717, 1.165) is 11.1 Å². The number of ether oxygens (including phenoxy) is 1. The van der Waals surface area contributed by atoms with Crippen molar-refractivity contribution in [1.29, 1.82) is 0 Å². The van der Waals surface area contributed by atoms with E-state index < -0.39 is 6.10 Å². The van der Waals surface area contributed by atoms with Gasteiger partial charge < -0.3 is 9.84 Å².